The predicted molar refractivity (Wildman–Crippen MR) is 83.1 cm³/mol. The third-order valence-corrected chi connectivity index (χ3v) is 4.85. The van der Waals surface area contributed by atoms with Crippen LogP contribution in [0.5, 0.6) is 0 Å². The van der Waals surface area contributed by atoms with Crippen LogP contribution in [0.4, 0.5) is 0 Å². The molecule has 0 saturated heterocycles. The molecule has 0 radical (unpaired) electrons. The summed E-state index contributed by atoms with van der Waals surface area (Å²) in [6.45, 7) is 4.64. The van der Waals surface area contributed by atoms with E-state index in [1.165, 1.54) is 28.7 Å². The van der Waals surface area contributed by atoms with E-state index in [0.717, 1.165) is 4.34 Å². The largest absolute Gasteiger partial charge is 0.355 e. The molecular formula is C14H17N3OS2. The van der Waals surface area contributed by atoms with Crippen molar-refractivity contribution in [1.82, 2.24) is 15.5 Å². The van der Waals surface area contributed by atoms with Gasteiger partial charge in [-0.2, -0.15) is 0 Å². The molecule has 4 nitrogen and oxygen atoms in total. The first-order valence-corrected chi connectivity index (χ1v) is 8.18. The van der Waals surface area contributed by atoms with Gasteiger partial charge in [0.25, 0.3) is 0 Å². The molecule has 1 aromatic carbocycles. The molecule has 2 aromatic rings. The monoisotopic (exact) mass is 307 g/mol. The minimum Gasteiger partial charge on any atom is -0.355 e. The molecule has 0 saturated carbocycles. The Labute approximate surface area is 127 Å². The maximum Gasteiger partial charge on any atom is 0.233 e. The van der Waals surface area contributed by atoms with Crippen molar-refractivity contribution in [2.45, 2.75) is 29.4 Å². The molecule has 0 bridgehead atoms. The van der Waals surface area contributed by atoms with E-state index < -0.39 is 0 Å². The zero-order valence-electron chi connectivity index (χ0n) is 11.4. The highest BCUT2D eigenvalue weighted by Gasteiger charge is 2.16. The number of nitrogens with zero attached hydrogens (tertiary/aromatic N) is 2. The Bertz CT molecular complexity index is 531. The average molecular weight is 307 g/mol. The molecule has 0 aliphatic rings. The van der Waals surface area contributed by atoms with Crippen LogP contribution in [-0.2, 0) is 4.79 Å². The summed E-state index contributed by atoms with van der Waals surface area (Å²) < 4.78 is 0.823. The van der Waals surface area contributed by atoms with Gasteiger partial charge in [0.05, 0.1) is 5.25 Å². The van der Waals surface area contributed by atoms with Crippen LogP contribution in [0.1, 0.15) is 25.3 Å². The first-order chi connectivity index (χ1) is 9.66. The summed E-state index contributed by atoms with van der Waals surface area (Å²) in [6.07, 6.45) is 0. The Hall–Kier alpha value is -1.40. The quantitative estimate of drug-likeness (QED) is 0.834. The summed E-state index contributed by atoms with van der Waals surface area (Å²) in [6, 6.07) is 10.2. The molecule has 0 unspecified atom stereocenters. The lowest BCUT2D eigenvalue weighted by Gasteiger charge is -2.15. The summed E-state index contributed by atoms with van der Waals surface area (Å²) in [5.41, 5.74) is 2.90. The number of carbonyl (C=O) groups excluding carboxylic acids is 1. The third kappa shape index (κ3) is 4.31. The summed E-state index contributed by atoms with van der Waals surface area (Å²) >= 11 is 2.89. The lowest BCUT2D eigenvalue weighted by molar-refractivity contribution is -0.120. The maximum absolute atomic E-state index is 12.0. The van der Waals surface area contributed by atoms with Crippen molar-refractivity contribution in [1.29, 1.82) is 0 Å². The van der Waals surface area contributed by atoms with E-state index in [9.17, 15) is 4.79 Å². The van der Waals surface area contributed by atoms with E-state index in [0.29, 0.717) is 12.5 Å². The van der Waals surface area contributed by atoms with Gasteiger partial charge in [-0.25, -0.2) is 0 Å². The molecule has 0 aliphatic heterocycles. The van der Waals surface area contributed by atoms with Gasteiger partial charge in [0.15, 0.2) is 4.34 Å². The normalized spacial score (nSPS) is 13.7. The van der Waals surface area contributed by atoms with Gasteiger partial charge in [-0.3, -0.25) is 4.79 Å². The van der Waals surface area contributed by atoms with E-state index >= 15 is 0 Å². The van der Waals surface area contributed by atoms with Gasteiger partial charge in [-0.15, -0.1) is 10.2 Å². The molecule has 1 heterocycles. The first kappa shape index (κ1) is 15.0. The predicted octanol–water partition coefficient (Wildman–Crippen LogP) is 2.94. The second kappa shape index (κ2) is 7.40. The van der Waals surface area contributed by atoms with Crippen LogP contribution < -0.4 is 5.32 Å². The Morgan fingerprint density at radius 3 is 2.75 bits per heavy atom. The van der Waals surface area contributed by atoms with Gasteiger partial charge in [0.1, 0.15) is 5.51 Å². The van der Waals surface area contributed by atoms with E-state index in [-0.39, 0.29) is 11.2 Å². The fraction of sp³-hybridized carbons (Fsp3) is 0.357. The van der Waals surface area contributed by atoms with Crippen LogP contribution in [0.2, 0.25) is 0 Å². The zero-order chi connectivity index (χ0) is 14.4. The number of carbonyl (C=O) groups is 1. The molecule has 1 N–H and O–H groups in total. The summed E-state index contributed by atoms with van der Waals surface area (Å²) in [4.78, 5) is 12.0. The molecule has 1 aromatic heterocycles. The van der Waals surface area contributed by atoms with Gasteiger partial charge in [-0.05, 0) is 18.4 Å². The molecule has 2 rings (SSSR count). The molecule has 2 atom stereocenters. The van der Waals surface area contributed by atoms with Crippen LogP contribution in [0.25, 0.3) is 0 Å². The number of thioether (sulfide) groups is 1. The van der Waals surface area contributed by atoms with E-state index in [1.54, 1.807) is 5.51 Å². The van der Waals surface area contributed by atoms with Crippen LogP contribution in [-0.4, -0.2) is 27.9 Å². The van der Waals surface area contributed by atoms with E-state index in [2.05, 4.69) is 34.6 Å². The van der Waals surface area contributed by atoms with Gasteiger partial charge < -0.3 is 5.32 Å². The number of benzene rings is 1. The van der Waals surface area contributed by atoms with Crippen molar-refractivity contribution in [2.75, 3.05) is 6.54 Å². The third-order valence-electron chi connectivity index (χ3n) is 2.94. The molecule has 0 fully saturated rings. The molecule has 1 amide bonds. The Balaban J connectivity index is 1.80. The van der Waals surface area contributed by atoms with Crippen molar-refractivity contribution in [3.8, 4) is 0 Å². The SMILES string of the molecule is C[C@@H](Sc1nncs1)C(=O)NC[C@H](C)c1ccccc1. The second-order valence-corrected chi connectivity index (χ2v) is 6.94. The smallest absolute Gasteiger partial charge is 0.233 e. The number of hydrogen-bond acceptors (Lipinski definition) is 5. The van der Waals surface area contributed by atoms with Gasteiger partial charge in [-0.1, -0.05) is 60.4 Å². The lowest BCUT2D eigenvalue weighted by atomic mass is 10.0. The molecule has 6 heteroatoms. The van der Waals surface area contributed by atoms with Crippen molar-refractivity contribution >= 4 is 29.0 Å². The Morgan fingerprint density at radius 1 is 1.35 bits per heavy atom. The minimum absolute atomic E-state index is 0.0352. The van der Waals surface area contributed by atoms with E-state index in [1.807, 2.05) is 25.1 Å². The second-order valence-electron chi connectivity index (χ2n) is 4.52. The molecule has 106 valence electrons. The highest BCUT2D eigenvalue weighted by atomic mass is 32.2. The number of aromatic nitrogens is 2. The molecule has 0 spiro atoms. The van der Waals surface area contributed by atoms with Crippen molar-refractivity contribution in [3.05, 3.63) is 41.4 Å². The number of hydrogen-bond donors (Lipinski definition) is 1. The number of nitrogens with one attached hydrogen (secondary N) is 1. The summed E-state index contributed by atoms with van der Waals surface area (Å²) in [7, 11) is 0. The van der Waals surface area contributed by atoms with Crippen LogP contribution in [0.15, 0.2) is 40.2 Å². The van der Waals surface area contributed by atoms with Crippen LogP contribution in [0, 0.1) is 0 Å². The fourth-order valence-electron chi connectivity index (χ4n) is 1.72. The number of rotatable bonds is 6. The highest BCUT2D eigenvalue weighted by Crippen LogP contribution is 2.24. The topological polar surface area (TPSA) is 54.9 Å². The fourth-order valence-corrected chi connectivity index (χ4v) is 3.37. The Kier molecular flexibility index (Phi) is 5.55. The highest BCUT2D eigenvalue weighted by molar-refractivity contribution is 8.02. The lowest BCUT2D eigenvalue weighted by Crippen LogP contribution is -2.33. The molecular weight excluding hydrogens is 290 g/mol. The standard InChI is InChI=1S/C14H17N3OS2/c1-10(12-6-4-3-5-7-12)8-15-13(18)11(2)20-14-17-16-9-19-14/h3-7,9-11H,8H2,1-2H3,(H,15,18)/t10-,11+/m0/s1. The number of amides is 1. The summed E-state index contributed by atoms with van der Waals surface area (Å²) in [5, 5.41) is 10.5. The van der Waals surface area contributed by atoms with Crippen molar-refractivity contribution in [2.24, 2.45) is 0 Å². The van der Waals surface area contributed by atoms with Gasteiger partial charge in [0.2, 0.25) is 5.91 Å². The Morgan fingerprint density at radius 2 is 2.10 bits per heavy atom. The minimum atomic E-state index is -0.161. The molecule has 0 aliphatic carbocycles. The maximum atomic E-state index is 12.0. The average Bonchev–Trinajstić information content (AvgIpc) is 2.98. The summed E-state index contributed by atoms with van der Waals surface area (Å²) in [5.74, 6) is 0.340. The van der Waals surface area contributed by atoms with Crippen molar-refractivity contribution in [3.63, 3.8) is 0 Å². The van der Waals surface area contributed by atoms with E-state index in [4.69, 9.17) is 0 Å². The first-order valence-electron chi connectivity index (χ1n) is 6.42. The van der Waals surface area contributed by atoms with Gasteiger partial charge in [0, 0.05) is 6.54 Å². The van der Waals surface area contributed by atoms with Crippen molar-refractivity contribution < 1.29 is 4.79 Å². The molecule has 20 heavy (non-hydrogen) atoms. The van der Waals surface area contributed by atoms with Crippen LogP contribution in [0.3, 0.4) is 0 Å². The zero-order valence-corrected chi connectivity index (χ0v) is 13.1. The van der Waals surface area contributed by atoms with Crippen LogP contribution >= 0.6 is 23.1 Å². The van der Waals surface area contributed by atoms with Gasteiger partial charge >= 0.3 is 0 Å².